The zero-order chi connectivity index (χ0) is 10.7. The van der Waals surface area contributed by atoms with E-state index in [1.165, 1.54) is 0 Å². The van der Waals surface area contributed by atoms with Crippen molar-refractivity contribution in [2.75, 3.05) is 14.2 Å². The van der Waals surface area contributed by atoms with Crippen molar-refractivity contribution in [3.05, 3.63) is 24.6 Å². The van der Waals surface area contributed by atoms with Crippen molar-refractivity contribution in [1.82, 2.24) is 10.2 Å². The topological polar surface area (TPSA) is 57.4 Å². The highest BCUT2D eigenvalue weighted by molar-refractivity contribution is 5.59. The third-order valence-electron chi connectivity index (χ3n) is 1.92. The van der Waals surface area contributed by atoms with E-state index in [0.717, 1.165) is 5.56 Å². The fraction of sp³-hybridized carbons (Fsp3) is 0.200. The average Bonchev–Trinajstić information content (AvgIpc) is 2.81. The molecule has 1 heterocycles. The molecule has 0 atom stereocenters. The molecule has 0 saturated heterocycles. The van der Waals surface area contributed by atoms with E-state index >= 15 is 0 Å². The summed E-state index contributed by atoms with van der Waals surface area (Å²) < 4.78 is 15.2. The molecule has 2 rings (SSSR count). The van der Waals surface area contributed by atoms with Crippen LogP contribution in [0.15, 0.2) is 22.6 Å². The molecule has 0 amide bonds. The molecule has 0 aliphatic carbocycles. The SMILES string of the molecule is COc1cc(OC)cc(-c2nn[c]o2)c1. The van der Waals surface area contributed by atoms with Crippen LogP contribution in [-0.4, -0.2) is 24.4 Å². The normalized spacial score (nSPS) is 10.0. The van der Waals surface area contributed by atoms with Gasteiger partial charge in [-0.05, 0) is 12.1 Å². The molecular weight excluding hydrogens is 196 g/mol. The van der Waals surface area contributed by atoms with Gasteiger partial charge in [-0.1, -0.05) is 0 Å². The Balaban J connectivity index is 2.47. The molecular formula is C10H9N2O3. The van der Waals surface area contributed by atoms with Crippen molar-refractivity contribution >= 4 is 0 Å². The first-order valence-electron chi connectivity index (χ1n) is 4.26. The van der Waals surface area contributed by atoms with Crippen LogP contribution in [-0.2, 0) is 0 Å². The van der Waals surface area contributed by atoms with Gasteiger partial charge >= 0.3 is 6.39 Å². The van der Waals surface area contributed by atoms with Crippen molar-refractivity contribution < 1.29 is 13.9 Å². The van der Waals surface area contributed by atoms with Gasteiger partial charge in [-0.3, -0.25) is 0 Å². The van der Waals surface area contributed by atoms with E-state index in [-0.39, 0.29) is 0 Å². The molecule has 0 aliphatic rings. The summed E-state index contributed by atoms with van der Waals surface area (Å²) in [5, 5.41) is 7.24. The summed E-state index contributed by atoms with van der Waals surface area (Å²) >= 11 is 0. The first kappa shape index (κ1) is 9.51. The van der Waals surface area contributed by atoms with Crippen LogP contribution in [0.2, 0.25) is 0 Å². The fourth-order valence-electron chi connectivity index (χ4n) is 1.20. The van der Waals surface area contributed by atoms with Crippen LogP contribution in [0.4, 0.5) is 0 Å². The number of benzene rings is 1. The second kappa shape index (κ2) is 4.00. The lowest BCUT2D eigenvalue weighted by molar-refractivity contribution is 0.394. The molecule has 0 spiro atoms. The Hall–Kier alpha value is -2.04. The molecule has 5 nitrogen and oxygen atoms in total. The van der Waals surface area contributed by atoms with E-state index in [1.807, 2.05) is 0 Å². The molecule has 77 valence electrons. The Morgan fingerprint density at radius 3 is 2.27 bits per heavy atom. The van der Waals surface area contributed by atoms with E-state index in [2.05, 4.69) is 16.6 Å². The minimum absolute atomic E-state index is 0.382. The van der Waals surface area contributed by atoms with Gasteiger partial charge in [0.2, 0.25) is 5.89 Å². The molecule has 0 N–H and O–H groups in total. The summed E-state index contributed by atoms with van der Waals surface area (Å²) in [4.78, 5) is 0. The van der Waals surface area contributed by atoms with Gasteiger partial charge in [-0.2, -0.15) is 0 Å². The van der Waals surface area contributed by atoms with E-state index < -0.39 is 0 Å². The number of nitrogens with zero attached hydrogens (tertiary/aromatic N) is 2. The van der Waals surface area contributed by atoms with Crippen LogP contribution in [0.5, 0.6) is 11.5 Å². The number of hydrogen-bond donors (Lipinski definition) is 0. The van der Waals surface area contributed by atoms with Crippen molar-refractivity contribution in [3.63, 3.8) is 0 Å². The van der Waals surface area contributed by atoms with Crippen molar-refractivity contribution in [2.45, 2.75) is 0 Å². The molecule has 0 fully saturated rings. The maximum absolute atomic E-state index is 5.12. The summed E-state index contributed by atoms with van der Waals surface area (Å²) in [5.74, 6) is 1.72. The second-order valence-corrected chi connectivity index (χ2v) is 2.80. The lowest BCUT2D eigenvalue weighted by Gasteiger charge is -2.05. The highest BCUT2D eigenvalue weighted by Crippen LogP contribution is 2.28. The maximum Gasteiger partial charge on any atom is 0.306 e. The molecule has 0 saturated carbocycles. The third-order valence-corrected chi connectivity index (χ3v) is 1.92. The minimum Gasteiger partial charge on any atom is -0.497 e. The Morgan fingerprint density at radius 2 is 1.80 bits per heavy atom. The van der Waals surface area contributed by atoms with Crippen LogP contribution >= 0.6 is 0 Å². The van der Waals surface area contributed by atoms with Gasteiger partial charge in [0, 0.05) is 11.6 Å². The summed E-state index contributed by atoms with van der Waals surface area (Å²) in [6.45, 7) is 0. The molecule has 1 aromatic heterocycles. The van der Waals surface area contributed by atoms with Gasteiger partial charge in [-0.25, -0.2) is 0 Å². The van der Waals surface area contributed by atoms with E-state index in [1.54, 1.807) is 32.4 Å². The smallest absolute Gasteiger partial charge is 0.306 e. The highest BCUT2D eigenvalue weighted by Gasteiger charge is 2.08. The van der Waals surface area contributed by atoms with Crippen molar-refractivity contribution in [2.24, 2.45) is 0 Å². The zero-order valence-corrected chi connectivity index (χ0v) is 8.35. The second-order valence-electron chi connectivity index (χ2n) is 2.80. The highest BCUT2D eigenvalue weighted by atomic mass is 16.5. The van der Waals surface area contributed by atoms with Crippen LogP contribution < -0.4 is 9.47 Å². The predicted octanol–water partition coefficient (Wildman–Crippen LogP) is 1.55. The number of hydrogen-bond acceptors (Lipinski definition) is 5. The van der Waals surface area contributed by atoms with Gasteiger partial charge in [0.05, 0.1) is 14.2 Å². The van der Waals surface area contributed by atoms with Crippen LogP contribution in [0.3, 0.4) is 0 Å². The van der Waals surface area contributed by atoms with Gasteiger partial charge in [0.25, 0.3) is 0 Å². The van der Waals surface area contributed by atoms with Crippen molar-refractivity contribution in [3.8, 4) is 23.0 Å². The quantitative estimate of drug-likeness (QED) is 0.760. The van der Waals surface area contributed by atoms with Gasteiger partial charge in [-0.15, -0.1) is 10.2 Å². The number of methoxy groups -OCH3 is 2. The molecule has 2 aromatic rings. The molecule has 15 heavy (non-hydrogen) atoms. The maximum atomic E-state index is 5.12. The van der Waals surface area contributed by atoms with Crippen LogP contribution in [0, 0.1) is 6.39 Å². The summed E-state index contributed by atoms with van der Waals surface area (Å²) in [6, 6.07) is 5.33. The average molecular weight is 205 g/mol. The monoisotopic (exact) mass is 205 g/mol. The minimum atomic E-state index is 0.382. The zero-order valence-electron chi connectivity index (χ0n) is 8.35. The summed E-state index contributed by atoms with van der Waals surface area (Å²) in [7, 11) is 3.16. The molecule has 5 heteroatoms. The Bertz CT molecular complexity index is 418. The lowest BCUT2D eigenvalue weighted by atomic mass is 10.2. The predicted molar refractivity (Wildman–Crippen MR) is 51.7 cm³/mol. The first-order chi connectivity index (χ1) is 7.33. The van der Waals surface area contributed by atoms with E-state index in [9.17, 15) is 0 Å². The largest absolute Gasteiger partial charge is 0.497 e. The van der Waals surface area contributed by atoms with Gasteiger partial charge in [0.1, 0.15) is 11.5 Å². The third kappa shape index (κ3) is 1.90. The summed E-state index contributed by atoms with van der Waals surface area (Å²) in [6.07, 6.45) is 2.29. The van der Waals surface area contributed by atoms with Crippen molar-refractivity contribution in [1.29, 1.82) is 0 Å². The first-order valence-corrected chi connectivity index (χ1v) is 4.26. The Labute approximate surface area is 86.6 Å². The van der Waals surface area contributed by atoms with Crippen LogP contribution in [0.1, 0.15) is 0 Å². The van der Waals surface area contributed by atoms with Gasteiger partial charge in [0.15, 0.2) is 0 Å². The number of ether oxygens (including phenoxy) is 2. The lowest BCUT2D eigenvalue weighted by Crippen LogP contribution is -1.88. The van der Waals surface area contributed by atoms with Gasteiger partial charge < -0.3 is 13.9 Å². The van der Waals surface area contributed by atoms with E-state index in [4.69, 9.17) is 13.9 Å². The Morgan fingerprint density at radius 1 is 1.13 bits per heavy atom. The van der Waals surface area contributed by atoms with E-state index in [0.29, 0.717) is 17.4 Å². The molecule has 1 radical (unpaired) electrons. The molecule has 1 aromatic carbocycles. The molecule has 0 unspecified atom stereocenters. The summed E-state index contributed by atoms with van der Waals surface area (Å²) in [5.41, 5.74) is 0.736. The molecule has 0 bridgehead atoms. The molecule has 0 aliphatic heterocycles. The standard InChI is InChI=1S/C10H9N2O3/c1-13-8-3-7(4-9(5-8)14-2)10-12-11-6-15-10/h3-5H,1-2H3. The van der Waals surface area contributed by atoms with Crippen LogP contribution in [0.25, 0.3) is 11.5 Å². The number of rotatable bonds is 3. The Kier molecular flexibility index (Phi) is 2.53. The fourth-order valence-corrected chi connectivity index (χ4v) is 1.20. The number of aromatic nitrogens is 2.